The molecule has 6 heteroatoms. The maximum atomic E-state index is 12.8. The van der Waals surface area contributed by atoms with Crippen LogP contribution in [0.5, 0.6) is 0 Å². The van der Waals surface area contributed by atoms with Crippen LogP contribution in [-0.2, 0) is 16.0 Å². The first-order chi connectivity index (χ1) is 12.6. The number of amides is 2. The summed E-state index contributed by atoms with van der Waals surface area (Å²) < 4.78 is 0. The van der Waals surface area contributed by atoms with Gasteiger partial charge in [-0.3, -0.25) is 9.59 Å². The fourth-order valence-electron chi connectivity index (χ4n) is 4.28. The van der Waals surface area contributed by atoms with Crippen molar-refractivity contribution in [3.63, 3.8) is 0 Å². The standard InChI is InChI=1S/C21H31N3O2.ClH/c1-16-13-18(14-22)15-24(16)21(26)19-9-11-23(12-10-19)20(25)8-7-17-5-3-2-4-6-17;/h2-6,16,18-19H,7-15,22H2,1H3;1H. The molecule has 2 fully saturated rings. The molecule has 2 aliphatic rings. The molecule has 150 valence electrons. The highest BCUT2D eigenvalue weighted by Crippen LogP contribution is 2.27. The molecular formula is C21H32ClN3O2. The lowest BCUT2D eigenvalue weighted by Gasteiger charge is -2.34. The highest BCUT2D eigenvalue weighted by Gasteiger charge is 2.36. The number of carbonyl (C=O) groups excluding carboxylic acids is 2. The predicted molar refractivity (Wildman–Crippen MR) is 110 cm³/mol. The second-order valence-corrected chi connectivity index (χ2v) is 7.82. The van der Waals surface area contributed by atoms with Crippen LogP contribution >= 0.6 is 12.4 Å². The molecule has 0 aromatic heterocycles. The number of halogens is 1. The number of hydrogen-bond donors (Lipinski definition) is 1. The van der Waals surface area contributed by atoms with Crippen molar-refractivity contribution in [3.8, 4) is 0 Å². The summed E-state index contributed by atoms with van der Waals surface area (Å²) in [6.07, 6.45) is 3.91. The van der Waals surface area contributed by atoms with E-state index in [9.17, 15) is 9.59 Å². The second kappa shape index (κ2) is 10.1. The monoisotopic (exact) mass is 393 g/mol. The van der Waals surface area contributed by atoms with E-state index in [0.717, 1.165) is 32.2 Å². The Labute approximate surface area is 168 Å². The van der Waals surface area contributed by atoms with Gasteiger partial charge in [0.15, 0.2) is 0 Å². The molecule has 2 amide bonds. The smallest absolute Gasteiger partial charge is 0.226 e. The van der Waals surface area contributed by atoms with E-state index in [-0.39, 0.29) is 30.1 Å². The van der Waals surface area contributed by atoms with E-state index in [2.05, 4.69) is 19.1 Å². The molecule has 2 N–H and O–H groups in total. The van der Waals surface area contributed by atoms with Gasteiger partial charge in [-0.2, -0.15) is 0 Å². The molecular weight excluding hydrogens is 362 g/mol. The summed E-state index contributed by atoms with van der Waals surface area (Å²) in [6, 6.07) is 10.4. The first-order valence-corrected chi connectivity index (χ1v) is 9.90. The van der Waals surface area contributed by atoms with Crippen LogP contribution in [0.4, 0.5) is 0 Å². The van der Waals surface area contributed by atoms with Gasteiger partial charge in [-0.05, 0) is 50.6 Å². The zero-order chi connectivity index (χ0) is 18.5. The van der Waals surface area contributed by atoms with E-state index in [0.29, 0.717) is 38.0 Å². The Kier molecular flexibility index (Phi) is 8.11. The van der Waals surface area contributed by atoms with E-state index in [1.165, 1.54) is 5.56 Å². The summed E-state index contributed by atoms with van der Waals surface area (Å²) in [5.74, 6) is 0.975. The Morgan fingerprint density at radius 2 is 1.81 bits per heavy atom. The summed E-state index contributed by atoms with van der Waals surface area (Å²) >= 11 is 0. The topological polar surface area (TPSA) is 66.6 Å². The molecule has 0 aliphatic carbocycles. The Hall–Kier alpha value is -1.59. The lowest BCUT2D eigenvalue weighted by molar-refractivity contribution is -0.141. The lowest BCUT2D eigenvalue weighted by Crippen LogP contribution is -2.45. The molecule has 2 atom stereocenters. The Morgan fingerprint density at radius 1 is 1.15 bits per heavy atom. The van der Waals surface area contributed by atoms with Crippen molar-refractivity contribution in [2.75, 3.05) is 26.2 Å². The minimum atomic E-state index is 0. The molecule has 3 rings (SSSR count). The van der Waals surface area contributed by atoms with E-state index in [1.807, 2.05) is 28.0 Å². The van der Waals surface area contributed by atoms with Crippen LogP contribution in [0.2, 0.25) is 0 Å². The predicted octanol–water partition coefficient (Wildman–Crippen LogP) is 2.48. The lowest BCUT2D eigenvalue weighted by atomic mass is 9.94. The third-order valence-electron chi connectivity index (χ3n) is 5.95. The molecule has 2 heterocycles. The normalized spacial score (nSPS) is 23.2. The third kappa shape index (κ3) is 5.45. The summed E-state index contributed by atoms with van der Waals surface area (Å²) in [4.78, 5) is 29.3. The number of hydrogen-bond acceptors (Lipinski definition) is 3. The molecule has 0 bridgehead atoms. The zero-order valence-corrected chi connectivity index (χ0v) is 17.0. The zero-order valence-electron chi connectivity index (χ0n) is 16.2. The van der Waals surface area contributed by atoms with Crippen molar-refractivity contribution >= 4 is 24.2 Å². The van der Waals surface area contributed by atoms with Crippen LogP contribution in [0.1, 0.15) is 38.2 Å². The van der Waals surface area contributed by atoms with Crippen molar-refractivity contribution in [3.05, 3.63) is 35.9 Å². The van der Waals surface area contributed by atoms with Crippen LogP contribution in [0, 0.1) is 11.8 Å². The van der Waals surface area contributed by atoms with Crippen LogP contribution in [0.3, 0.4) is 0 Å². The van der Waals surface area contributed by atoms with Gasteiger partial charge in [-0.15, -0.1) is 12.4 Å². The number of likely N-dealkylation sites (tertiary alicyclic amines) is 2. The van der Waals surface area contributed by atoms with Crippen molar-refractivity contribution in [1.29, 1.82) is 0 Å². The molecule has 27 heavy (non-hydrogen) atoms. The van der Waals surface area contributed by atoms with Crippen LogP contribution < -0.4 is 5.73 Å². The van der Waals surface area contributed by atoms with E-state index in [4.69, 9.17) is 5.73 Å². The Bertz CT molecular complexity index is 617. The first kappa shape index (κ1) is 21.7. The largest absolute Gasteiger partial charge is 0.343 e. The Morgan fingerprint density at radius 3 is 2.41 bits per heavy atom. The van der Waals surface area contributed by atoms with Gasteiger partial charge >= 0.3 is 0 Å². The summed E-state index contributed by atoms with van der Waals surface area (Å²) in [6.45, 7) is 4.98. The highest BCUT2D eigenvalue weighted by molar-refractivity contribution is 5.85. The maximum Gasteiger partial charge on any atom is 0.226 e. The van der Waals surface area contributed by atoms with Crippen molar-refractivity contribution in [1.82, 2.24) is 9.80 Å². The van der Waals surface area contributed by atoms with Gasteiger partial charge in [0.25, 0.3) is 0 Å². The quantitative estimate of drug-likeness (QED) is 0.835. The minimum absolute atomic E-state index is 0. The van der Waals surface area contributed by atoms with Crippen molar-refractivity contribution < 1.29 is 9.59 Å². The number of piperidine rings is 1. The second-order valence-electron chi connectivity index (χ2n) is 7.82. The fraction of sp³-hybridized carbons (Fsp3) is 0.619. The number of rotatable bonds is 5. The van der Waals surface area contributed by atoms with E-state index in [1.54, 1.807) is 0 Å². The maximum absolute atomic E-state index is 12.8. The van der Waals surface area contributed by atoms with Gasteiger partial charge < -0.3 is 15.5 Å². The number of aryl methyl sites for hydroxylation is 1. The van der Waals surface area contributed by atoms with Crippen molar-refractivity contribution in [2.24, 2.45) is 17.6 Å². The molecule has 2 unspecified atom stereocenters. The van der Waals surface area contributed by atoms with Gasteiger partial charge in [0, 0.05) is 38.0 Å². The highest BCUT2D eigenvalue weighted by atomic mass is 35.5. The molecule has 0 saturated carbocycles. The summed E-state index contributed by atoms with van der Waals surface area (Å²) in [7, 11) is 0. The third-order valence-corrected chi connectivity index (χ3v) is 5.95. The van der Waals surface area contributed by atoms with Crippen LogP contribution in [-0.4, -0.2) is 53.8 Å². The van der Waals surface area contributed by atoms with E-state index < -0.39 is 0 Å². The number of carbonyl (C=O) groups is 2. The molecule has 2 saturated heterocycles. The average Bonchev–Trinajstić information content (AvgIpc) is 3.07. The molecule has 5 nitrogen and oxygen atoms in total. The Balaban J connectivity index is 0.00000261. The van der Waals surface area contributed by atoms with Crippen LogP contribution in [0.15, 0.2) is 30.3 Å². The van der Waals surface area contributed by atoms with Gasteiger partial charge in [0.2, 0.25) is 11.8 Å². The SMILES string of the molecule is CC1CC(CN)CN1C(=O)C1CCN(C(=O)CCc2ccccc2)CC1.Cl. The minimum Gasteiger partial charge on any atom is -0.343 e. The number of nitrogens with zero attached hydrogens (tertiary/aromatic N) is 2. The van der Waals surface area contributed by atoms with Crippen LogP contribution in [0.25, 0.3) is 0 Å². The number of nitrogens with two attached hydrogens (primary N) is 1. The van der Waals surface area contributed by atoms with Gasteiger partial charge in [-0.1, -0.05) is 30.3 Å². The van der Waals surface area contributed by atoms with Crippen molar-refractivity contribution in [2.45, 2.75) is 45.1 Å². The first-order valence-electron chi connectivity index (χ1n) is 9.90. The number of benzene rings is 1. The van der Waals surface area contributed by atoms with E-state index >= 15 is 0 Å². The summed E-state index contributed by atoms with van der Waals surface area (Å²) in [5, 5.41) is 0. The summed E-state index contributed by atoms with van der Waals surface area (Å²) in [5.41, 5.74) is 6.97. The molecule has 0 spiro atoms. The average molecular weight is 394 g/mol. The fourth-order valence-corrected chi connectivity index (χ4v) is 4.28. The molecule has 2 aliphatic heterocycles. The molecule has 0 radical (unpaired) electrons. The van der Waals surface area contributed by atoms with Gasteiger partial charge in [-0.25, -0.2) is 0 Å². The van der Waals surface area contributed by atoms with Gasteiger partial charge in [0.1, 0.15) is 0 Å². The van der Waals surface area contributed by atoms with Gasteiger partial charge in [0.05, 0.1) is 0 Å². The molecule has 1 aromatic carbocycles. The molecule has 1 aromatic rings.